The fourth-order valence-corrected chi connectivity index (χ4v) is 3.22. The van der Waals surface area contributed by atoms with Crippen LogP contribution in [0.1, 0.15) is 42.0 Å². The standard InChI is InChI=1S/C21H22O2/c1-14-16(7-5-9-20(23)15(2)22)10-12-18-13-11-17-6-3-4-8-19(17)21(14)18/h4-5,8-11,13,22-23H,1,3,6-7,12H2,2H3/b9-5-,20-15-. The van der Waals surface area contributed by atoms with Gasteiger partial charge in [0.2, 0.25) is 0 Å². The Hall–Kier alpha value is -2.48. The van der Waals surface area contributed by atoms with E-state index < -0.39 is 0 Å². The van der Waals surface area contributed by atoms with E-state index in [2.05, 4.69) is 36.9 Å². The number of hydrogen-bond donors (Lipinski definition) is 2. The molecule has 2 aliphatic rings. The van der Waals surface area contributed by atoms with E-state index in [9.17, 15) is 10.2 Å². The summed E-state index contributed by atoms with van der Waals surface area (Å²) in [7, 11) is 0. The number of aryl methyl sites for hydroxylation is 1. The normalized spacial score (nSPS) is 17.6. The number of benzene rings is 1. The summed E-state index contributed by atoms with van der Waals surface area (Å²) in [6.45, 7) is 5.78. The Morgan fingerprint density at radius 1 is 1.26 bits per heavy atom. The zero-order valence-corrected chi connectivity index (χ0v) is 13.5. The van der Waals surface area contributed by atoms with Crippen LogP contribution in [-0.4, -0.2) is 10.2 Å². The Kier molecular flexibility index (Phi) is 4.24. The van der Waals surface area contributed by atoms with Crippen LogP contribution in [0, 0.1) is 0 Å². The van der Waals surface area contributed by atoms with Gasteiger partial charge in [-0.2, -0.15) is 0 Å². The van der Waals surface area contributed by atoms with Gasteiger partial charge in [0.15, 0.2) is 5.76 Å². The molecule has 2 aliphatic carbocycles. The minimum absolute atomic E-state index is 0.0674. The first-order valence-corrected chi connectivity index (χ1v) is 8.03. The Bertz CT molecular complexity index is 769. The smallest absolute Gasteiger partial charge is 0.152 e. The SMILES string of the molecule is C=C1C(C/C=C\C(O)=C(/C)O)=CCc2ccc3c(c21)C=CCC3. The monoisotopic (exact) mass is 306 g/mol. The lowest BCUT2D eigenvalue weighted by Gasteiger charge is -2.24. The molecular weight excluding hydrogens is 284 g/mol. The molecule has 1 aromatic carbocycles. The summed E-state index contributed by atoms with van der Waals surface area (Å²) in [5, 5.41) is 18.7. The summed E-state index contributed by atoms with van der Waals surface area (Å²) in [5.41, 5.74) is 7.60. The van der Waals surface area contributed by atoms with Crippen molar-refractivity contribution in [2.24, 2.45) is 0 Å². The van der Waals surface area contributed by atoms with Crippen molar-refractivity contribution < 1.29 is 10.2 Å². The predicted octanol–water partition coefficient (Wildman–Crippen LogP) is 5.44. The molecular formula is C21H22O2. The molecule has 118 valence electrons. The van der Waals surface area contributed by atoms with E-state index in [1.165, 1.54) is 34.8 Å². The van der Waals surface area contributed by atoms with Crippen molar-refractivity contribution in [3.63, 3.8) is 0 Å². The van der Waals surface area contributed by atoms with Gasteiger partial charge in [-0.3, -0.25) is 0 Å². The lowest BCUT2D eigenvalue weighted by molar-refractivity contribution is 0.340. The lowest BCUT2D eigenvalue weighted by Crippen LogP contribution is -2.07. The molecule has 0 atom stereocenters. The largest absolute Gasteiger partial charge is 0.509 e. The van der Waals surface area contributed by atoms with E-state index in [-0.39, 0.29) is 11.5 Å². The molecule has 3 rings (SSSR count). The summed E-state index contributed by atoms with van der Waals surface area (Å²) in [5.74, 6) is -0.157. The van der Waals surface area contributed by atoms with Crippen LogP contribution in [0.5, 0.6) is 0 Å². The average Bonchev–Trinajstić information content (AvgIpc) is 2.56. The van der Waals surface area contributed by atoms with Gasteiger partial charge >= 0.3 is 0 Å². The van der Waals surface area contributed by atoms with Crippen molar-refractivity contribution in [3.8, 4) is 0 Å². The van der Waals surface area contributed by atoms with Gasteiger partial charge in [0.1, 0.15) is 5.76 Å². The summed E-state index contributed by atoms with van der Waals surface area (Å²) >= 11 is 0. The van der Waals surface area contributed by atoms with Crippen LogP contribution in [0.3, 0.4) is 0 Å². The van der Waals surface area contributed by atoms with Crippen LogP contribution in [0.25, 0.3) is 11.6 Å². The van der Waals surface area contributed by atoms with E-state index in [1.54, 1.807) is 6.08 Å². The molecule has 2 N–H and O–H groups in total. The third-order valence-electron chi connectivity index (χ3n) is 4.53. The van der Waals surface area contributed by atoms with Gasteiger partial charge in [-0.05, 0) is 72.1 Å². The third-order valence-corrected chi connectivity index (χ3v) is 4.53. The second-order valence-corrected chi connectivity index (χ2v) is 6.10. The quantitative estimate of drug-likeness (QED) is 0.577. The number of aliphatic hydroxyl groups excluding tert-OH is 2. The van der Waals surface area contributed by atoms with E-state index >= 15 is 0 Å². The number of allylic oxidation sites excluding steroid dienone is 7. The van der Waals surface area contributed by atoms with E-state index in [0.717, 1.165) is 24.8 Å². The summed E-state index contributed by atoms with van der Waals surface area (Å²) < 4.78 is 0. The molecule has 0 aromatic heterocycles. The van der Waals surface area contributed by atoms with Crippen molar-refractivity contribution in [1.82, 2.24) is 0 Å². The highest BCUT2D eigenvalue weighted by atomic mass is 16.3. The Balaban J connectivity index is 1.87. The molecule has 0 aliphatic heterocycles. The fourth-order valence-electron chi connectivity index (χ4n) is 3.22. The number of fused-ring (bicyclic) bond motifs is 3. The molecule has 0 fully saturated rings. The molecule has 0 saturated carbocycles. The highest BCUT2D eigenvalue weighted by Gasteiger charge is 2.20. The Morgan fingerprint density at radius 2 is 2.04 bits per heavy atom. The van der Waals surface area contributed by atoms with Crippen LogP contribution >= 0.6 is 0 Å². The van der Waals surface area contributed by atoms with Gasteiger partial charge in [0.25, 0.3) is 0 Å². The zero-order chi connectivity index (χ0) is 16.4. The van der Waals surface area contributed by atoms with Gasteiger partial charge in [-0.1, -0.05) is 43.0 Å². The van der Waals surface area contributed by atoms with Gasteiger partial charge < -0.3 is 10.2 Å². The summed E-state index contributed by atoms with van der Waals surface area (Å²) in [6, 6.07) is 4.47. The molecule has 2 nitrogen and oxygen atoms in total. The maximum absolute atomic E-state index is 9.53. The zero-order valence-electron chi connectivity index (χ0n) is 13.5. The molecule has 0 heterocycles. The predicted molar refractivity (Wildman–Crippen MR) is 96.3 cm³/mol. The fraction of sp³-hybridized carbons (Fsp3) is 0.238. The molecule has 0 radical (unpaired) electrons. The van der Waals surface area contributed by atoms with Crippen molar-refractivity contribution in [2.45, 2.75) is 32.6 Å². The topological polar surface area (TPSA) is 40.5 Å². The third kappa shape index (κ3) is 3.02. The van der Waals surface area contributed by atoms with Crippen LogP contribution in [-0.2, 0) is 12.8 Å². The van der Waals surface area contributed by atoms with Gasteiger partial charge in [-0.25, -0.2) is 0 Å². The van der Waals surface area contributed by atoms with Gasteiger partial charge in [0.05, 0.1) is 0 Å². The number of hydrogen-bond acceptors (Lipinski definition) is 2. The van der Waals surface area contributed by atoms with Gasteiger partial charge in [-0.15, -0.1) is 0 Å². The maximum Gasteiger partial charge on any atom is 0.152 e. The van der Waals surface area contributed by atoms with Crippen LogP contribution in [0.15, 0.2) is 60.1 Å². The van der Waals surface area contributed by atoms with Crippen LogP contribution in [0.4, 0.5) is 0 Å². The Morgan fingerprint density at radius 3 is 2.83 bits per heavy atom. The minimum atomic E-state index is -0.0901. The van der Waals surface area contributed by atoms with Crippen molar-refractivity contribution in [3.05, 3.63) is 82.4 Å². The van der Waals surface area contributed by atoms with E-state index in [0.29, 0.717) is 6.42 Å². The molecule has 1 aromatic rings. The van der Waals surface area contributed by atoms with Crippen LogP contribution in [0.2, 0.25) is 0 Å². The number of rotatable bonds is 3. The number of aliphatic hydroxyl groups is 2. The van der Waals surface area contributed by atoms with Gasteiger partial charge in [0, 0.05) is 0 Å². The van der Waals surface area contributed by atoms with E-state index in [4.69, 9.17) is 0 Å². The first-order chi connectivity index (χ1) is 11.1. The molecule has 0 unspecified atom stereocenters. The maximum atomic E-state index is 9.53. The molecule has 0 bridgehead atoms. The molecule has 2 heteroatoms. The first kappa shape index (κ1) is 15.4. The summed E-state index contributed by atoms with van der Waals surface area (Å²) in [4.78, 5) is 0. The first-order valence-electron chi connectivity index (χ1n) is 8.03. The highest BCUT2D eigenvalue weighted by molar-refractivity contribution is 5.87. The molecule has 0 saturated heterocycles. The van der Waals surface area contributed by atoms with Crippen molar-refractivity contribution in [2.75, 3.05) is 0 Å². The second-order valence-electron chi connectivity index (χ2n) is 6.10. The second kappa shape index (κ2) is 6.33. The lowest BCUT2D eigenvalue weighted by atomic mass is 9.80. The molecule has 0 spiro atoms. The molecule has 23 heavy (non-hydrogen) atoms. The summed E-state index contributed by atoms with van der Waals surface area (Å²) in [6.07, 6.45) is 13.9. The van der Waals surface area contributed by atoms with Crippen molar-refractivity contribution >= 4 is 11.6 Å². The van der Waals surface area contributed by atoms with E-state index in [1.807, 2.05) is 6.08 Å². The van der Waals surface area contributed by atoms with Crippen molar-refractivity contribution in [1.29, 1.82) is 0 Å². The highest BCUT2D eigenvalue weighted by Crippen LogP contribution is 2.38. The van der Waals surface area contributed by atoms with Crippen LogP contribution < -0.4 is 0 Å². The molecule has 0 amide bonds. The minimum Gasteiger partial charge on any atom is -0.509 e. The average molecular weight is 306 g/mol. The Labute approximate surface area is 137 Å².